The van der Waals surface area contributed by atoms with E-state index < -0.39 is 16.9 Å². The number of nitro groups is 1. The van der Waals surface area contributed by atoms with E-state index in [1.807, 2.05) is 0 Å². The maximum Gasteiger partial charge on any atom is 0.279 e. The Bertz CT molecular complexity index is 530. The lowest BCUT2D eigenvalue weighted by Gasteiger charge is -2.13. The highest BCUT2D eigenvalue weighted by Crippen LogP contribution is 2.37. The molecule has 0 spiro atoms. The van der Waals surface area contributed by atoms with Crippen LogP contribution in [0.1, 0.15) is 31.4 Å². The number of benzene rings is 1. The number of primary amides is 1. The van der Waals surface area contributed by atoms with E-state index >= 15 is 0 Å². The van der Waals surface area contributed by atoms with E-state index in [9.17, 15) is 20.0 Å². The van der Waals surface area contributed by atoms with Crippen LogP contribution in [0.2, 0.25) is 0 Å². The normalized spacial score (nSPS) is 11.8. The van der Waals surface area contributed by atoms with Crippen molar-refractivity contribution in [3.63, 3.8) is 0 Å². The number of nitro benzene ring substituents is 1. The van der Waals surface area contributed by atoms with Crippen LogP contribution in [0.4, 0.5) is 5.69 Å². The number of carbonyl (C=O) groups is 1. The highest BCUT2D eigenvalue weighted by atomic mass is 16.6. The van der Waals surface area contributed by atoms with Gasteiger partial charge < -0.3 is 20.3 Å². The van der Waals surface area contributed by atoms with E-state index in [0.29, 0.717) is 6.42 Å². The van der Waals surface area contributed by atoms with Gasteiger partial charge in [-0.05, 0) is 19.4 Å². The Morgan fingerprint density at radius 1 is 1.48 bits per heavy atom. The summed E-state index contributed by atoms with van der Waals surface area (Å²) < 4.78 is 10.5. The van der Waals surface area contributed by atoms with Crippen LogP contribution in [0, 0.1) is 10.1 Å². The summed E-state index contributed by atoms with van der Waals surface area (Å²) in [6.07, 6.45) is -0.455. The van der Waals surface area contributed by atoms with Gasteiger partial charge in [0.2, 0.25) is 5.91 Å². The lowest BCUT2D eigenvalue weighted by Crippen LogP contribution is -2.12. The third-order valence-corrected chi connectivity index (χ3v) is 2.78. The van der Waals surface area contributed by atoms with Crippen LogP contribution in [-0.4, -0.2) is 29.7 Å². The number of hydrogen-bond donors (Lipinski definition) is 2. The second-order valence-electron chi connectivity index (χ2n) is 4.41. The summed E-state index contributed by atoms with van der Waals surface area (Å²) in [6.45, 7) is 1.60. The summed E-state index contributed by atoms with van der Waals surface area (Å²) in [5.74, 6) is 0.00893. The van der Waals surface area contributed by atoms with Gasteiger partial charge in [0.05, 0.1) is 36.4 Å². The molecule has 0 aliphatic heterocycles. The third kappa shape index (κ3) is 4.60. The van der Waals surface area contributed by atoms with Crippen molar-refractivity contribution in [1.82, 2.24) is 0 Å². The predicted molar refractivity (Wildman–Crippen MR) is 74.2 cm³/mol. The fourth-order valence-electron chi connectivity index (χ4n) is 1.76. The van der Waals surface area contributed by atoms with Gasteiger partial charge in [0, 0.05) is 6.42 Å². The molecule has 1 unspecified atom stereocenters. The molecule has 1 aromatic rings. The molecule has 0 bridgehead atoms. The van der Waals surface area contributed by atoms with Crippen molar-refractivity contribution in [1.29, 1.82) is 0 Å². The topological polar surface area (TPSA) is 125 Å². The van der Waals surface area contributed by atoms with E-state index in [0.717, 1.165) is 0 Å². The molecule has 21 heavy (non-hydrogen) atoms. The molecule has 1 atom stereocenters. The minimum absolute atomic E-state index is 0.140. The molecule has 0 radical (unpaired) electrons. The summed E-state index contributed by atoms with van der Waals surface area (Å²) in [7, 11) is 1.39. The van der Waals surface area contributed by atoms with Gasteiger partial charge in [-0.15, -0.1) is 0 Å². The van der Waals surface area contributed by atoms with Crippen LogP contribution < -0.4 is 15.2 Å². The SMILES string of the molecule is COc1cc(C(C)O)c([N+](=O)[O-])cc1OCCCC(N)=O. The molecule has 0 aromatic heterocycles. The summed E-state index contributed by atoms with van der Waals surface area (Å²) in [6, 6.07) is 2.57. The van der Waals surface area contributed by atoms with Gasteiger partial charge in [-0.1, -0.05) is 0 Å². The number of nitrogens with two attached hydrogens (primary N) is 1. The second-order valence-corrected chi connectivity index (χ2v) is 4.41. The molecular weight excluding hydrogens is 280 g/mol. The average Bonchev–Trinajstić information content (AvgIpc) is 2.42. The zero-order valence-electron chi connectivity index (χ0n) is 11.9. The van der Waals surface area contributed by atoms with Crippen molar-refractivity contribution in [3.8, 4) is 11.5 Å². The van der Waals surface area contributed by atoms with E-state index in [-0.39, 0.29) is 35.8 Å². The molecule has 3 N–H and O–H groups in total. The number of hydrogen-bond acceptors (Lipinski definition) is 6. The number of carbonyl (C=O) groups excluding carboxylic acids is 1. The quantitative estimate of drug-likeness (QED) is 0.423. The van der Waals surface area contributed by atoms with Gasteiger partial charge in [-0.2, -0.15) is 0 Å². The molecule has 0 heterocycles. The van der Waals surface area contributed by atoms with Gasteiger partial charge in [0.25, 0.3) is 5.69 Å². The zero-order chi connectivity index (χ0) is 16.0. The first-order valence-corrected chi connectivity index (χ1v) is 6.32. The smallest absolute Gasteiger partial charge is 0.279 e. The minimum Gasteiger partial charge on any atom is -0.493 e. The Balaban J connectivity index is 2.99. The summed E-state index contributed by atoms with van der Waals surface area (Å²) >= 11 is 0. The number of methoxy groups -OCH3 is 1. The van der Waals surface area contributed by atoms with Gasteiger partial charge in [-0.25, -0.2) is 0 Å². The molecule has 0 aliphatic carbocycles. The number of ether oxygens (including phenoxy) is 2. The highest BCUT2D eigenvalue weighted by molar-refractivity contribution is 5.73. The van der Waals surface area contributed by atoms with Crippen LogP contribution in [0.25, 0.3) is 0 Å². The van der Waals surface area contributed by atoms with Crippen molar-refractivity contribution >= 4 is 11.6 Å². The van der Waals surface area contributed by atoms with Crippen LogP contribution >= 0.6 is 0 Å². The Labute approximate surface area is 121 Å². The lowest BCUT2D eigenvalue weighted by molar-refractivity contribution is -0.386. The highest BCUT2D eigenvalue weighted by Gasteiger charge is 2.22. The second kappa shape index (κ2) is 7.44. The van der Waals surface area contributed by atoms with E-state index in [1.165, 1.54) is 26.2 Å². The van der Waals surface area contributed by atoms with E-state index in [2.05, 4.69) is 0 Å². The Morgan fingerprint density at radius 3 is 2.62 bits per heavy atom. The average molecular weight is 298 g/mol. The molecule has 0 aliphatic rings. The zero-order valence-corrected chi connectivity index (χ0v) is 11.9. The van der Waals surface area contributed by atoms with Crippen LogP contribution in [0.3, 0.4) is 0 Å². The van der Waals surface area contributed by atoms with Crippen LogP contribution in [0.5, 0.6) is 11.5 Å². The minimum atomic E-state index is -1.01. The van der Waals surface area contributed by atoms with Gasteiger partial charge in [0.15, 0.2) is 11.5 Å². The van der Waals surface area contributed by atoms with Crippen molar-refractivity contribution < 1.29 is 24.3 Å². The Hall–Kier alpha value is -2.35. The maximum atomic E-state index is 11.0. The van der Waals surface area contributed by atoms with Crippen molar-refractivity contribution in [2.45, 2.75) is 25.9 Å². The van der Waals surface area contributed by atoms with Crippen molar-refractivity contribution in [2.24, 2.45) is 5.73 Å². The monoisotopic (exact) mass is 298 g/mol. The van der Waals surface area contributed by atoms with Crippen LogP contribution in [0.15, 0.2) is 12.1 Å². The molecule has 0 saturated heterocycles. The number of rotatable bonds is 8. The van der Waals surface area contributed by atoms with Gasteiger partial charge >= 0.3 is 0 Å². The molecule has 8 nitrogen and oxygen atoms in total. The molecular formula is C13H18N2O6. The summed E-state index contributed by atoms with van der Waals surface area (Å²) in [4.78, 5) is 21.1. The first kappa shape index (κ1) is 16.7. The number of aliphatic hydroxyl groups is 1. The number of aliphatic hydroxyl groups excluding tert-OH is 1. The number of amides is 1. The van der Waals surface area contributed by atoms with Gasteiger partial charge in [-0.3, -0.25) is 14.9 Å². The van der Waals surface area contributed by atoms with Crippen molar-refractivity contribution in [3.05, 3.63) is 27.8 Å². The third-order valence-electron chi connectivity index (χ3n) is 2.78. The molecule has 1 rings (SSSR count). The molecule has 0 fully saturated rings. The maximum absolute atomic E-state index is 11.0. The molecule has 116 valence electrons. The Morgan fingerprint density at radius 2 is 2.14 bits per heavy atom. The summed E-state index contributed by atoms with van der Waals surface area (Å²) in [5.41, 5.74) is 4.89. The predicted octanol–water partition coefficient (Wildman–Crippen LogP) is 1.30. The summed E-state index contributed by atoms with van der Waals surface area (Å²) in [5, 5.41) is 20.6. The van der Waals surface area contributed by atoms with Gasteiger partial charge in [0.1, 0.15) is 0 Å². The fourth-order valence-corrected chi connectivity index (χ4v) is 1.76. The largest absolute Gasteiger partial charge is 0.493 e. The van der Waals surface area contributed by atoms with E-state index in [4.69, 9.17) is 15.2 Å². The lowest BCUT2D eigenvalue weighted by atomic mass is 10.1. The first-order valence-electron chi connectivity index (χ1n) is 6.32. The Kier molecular flexibility index (Phi) is 5.92. The standard InChI is InChI=1S/C13H18N2O6/c1-8(16)9-6-11(20-2)12(7-10(9)15(18)19)21-5-3-4-13(14)17/h6-8,16H,3-5H2,1-2H3,(H2,14,17). The molecule has 1 amide bonds. The fraction of sp³-hybridized carbons (Fsp3) is 0.462. The van der Waals surface area contributed by atoms with Crippen LogP contribution in [-0.2, 0) is 4.79 Å². The molecule has 8 heteroatoms. The molecule has 0 saturated carbocycles. The first-order chi connectivity index (χ1) is 9.86. The van der Waals surface area contributed by atoms with E-state index in [1.54, 1.807) is 0 Å². The van der Waals surface area contributed by atoms with Crippen molar-refractivity contribution in [2.75, 3.05) is 13.7 Å². The number of nitrogens with zero attached hydrogens (tertiary/aromatic N) is 1. The molecule has 1 aromatic carbocycles.